The maximum Gasteiger partial charge on any atom is 0.159 e. The fourth-order valence-electron chi connectivity index (χ4n) is 2.21. The maximum atomic E-state index is 5.87. The molecule has 1 rings (SSSR count). The highest BCUT2D eigenvalue weighted by Crippen LogP contribution is 2.35. The highest BCUT2D eigenvalue weighted by molar-refractivity contribution is 9.09. The number of hydrogen-bond donors (Lipinski definition) is 0. The second-order valence-electron chi connectivity index (χ2n) is 5.19. The van der Waals surface area contributed by atoms with E-state index in [9.17, 15) is 0 Å². The van der Waals surface area contributed by atoms with Crippen LogP contribution in [0.3, 0.4) is 0 Å². The lowest BCUT2D eigenvalue weighted by molar-refractivity contribution is -0.300. The van der Waals surface area contributed by atoms with Crippen molar-refractivity contribution in [2.24, 2.45) is 0 Å². The Morgan fingerprint density at radius 2 is 1.64 bits per heavy atom. The van der Waals surface area contributed by atoms with Gasteiger partial charge in [0.05, 0.1) is 11.2 Å². The van der Waals surface area contributed by atoms with Crippen LogP contribution in [0.25, 0.3) is 0 Å². The van der Waals surface area contributed by atoms with Crippen LogP contribution in [-0.2, 0) is 9.47 Å². The highest BCUT2D eigenvalue weighted by Gasteiger charge is 2.39. The van der Waals surface area contributed by atoms with Gasteiger partial charge in [-0.15, -0.1) is 0 Å². The van der Waals surface area contributed by atoms with Crippen LogP contribution in [0.4, 0.5) is 0 Å². The van der Waals surface area contributed by atoms with E-state index < -0.39 is 0 Å². The van der Waals surface area contributed by atoms with Gasteiger partial charge < -0.3 is 9.47 Å². The Morgan fingerprint density at radius 3 is 2.07 bits per heavy atom. The lowest BCUT2D eigenvalue weighted by Crippen LogP contribution is -2.48. The van der Waals surface area contributed by atoms with Gasteiger partial charge in [-0.25, -0.2) is 0 Å². The molecular weight excluding hydrogens is 244 g/mol. The third kappa shape index (κ3) is 3.87. The average Bonchev–Trinajstić information content (AvgIpc) is 1.94. The molecule has 0 atom stereocenters. The van der Waals surface area contributed by atoms with Crippen LogP contribution in [0.5, 0.6) is 0 Å². The molecule has 2 nitrogen and oxygen atoms in total. The van der Waals surface area contributed by atoms with Gasteiger partial charge >= 0.3 is 0 Å². The molecule has 0 amide bonds. The van der Waals surface area contributed by atoms with Gasteiger partial charge in [-0.05, 0) is 40.5 Å². The Balaban J connectivity index is 2.53. The molecule has 0 N–H and O–H groups in total. The molecule has 1 aliphatic heterocycles. The van der Waals surface area contributed by atoms with Gasteiger partial charge in [0.2, 0.25) is 0 Å². The molecule has 0 saturated carbocycles. The van der Waals surface area contributed by atoms with Gasteiger partial charge in [-0.2, -0.15) is 0 Å². The van der Waals surface area contributed by atoms with Gasteiger partial charge in [-0.1, -0.05) is 15.9 Å². The van der Waals surface area contributed by atoms with E-state index in [0.717, 1.165) is 24.6 Å². The van der Waals surface area contributed by atoms with E-state index in [2.05, 4.69) is 43.6 Å². The SMILES string of the molecule is CC1(C)CC(C)(C)OC(CCCBr)O1. The fourth-order valence-corrected chi connectivity index (χ4v) is 2.53. The van der Waals surface area contributed by atoms with E-state index in [-0.39, 0.29) is 17.5 Å². The molecule has 0 spiro atoms. The zero-order chi connectivity index (χ0) is 10.8. The molecule has 1 aliphatic rings. The largest absolute Gasteiger partial charge is 0.347 e. The van der Waals surface area contributed by atoms with E-state index in [1.807, 2.05) is 0 Å². The maximum absolute atomic E-state index is 5.87. The van der Waals surface area contributed by atoms with Crippen LogP contribution < -0.4 is 0 Å². The molecule has 0 aromatic rings. The summed E-state index contributed by atoms with van der Waals surface area (Å²) in [6.45, 7) is 8.55. The highest BCUT2D eigenvalue weighted by atomic mass is 79.9. The first-order valence-corrected chi connectivity index (χ1v) is 6.38. The van der Waals surface area contributed by atoms with Crippen molar-refractivity contribution in [2.45, 2.75) is 64.4 Å². The number of rotatable bonds is 3. The van der Waals surface area contributed by atoms with Crippen LogP contribution in [0.1, 0.15) is 47.0 Å². The molecule has 0 aliphatic carbocycles. The third-order valence-electron chi connectivity index (χ3n) is 2.33. The van der Waals surface area contributed by atoms with Crippen LogP contribution in [0, 0.1) is 0 Å². The minimum atomic E-state index is -0.0568. The van der Waals surface area contributed by atoms with Gasteiger partial charge in [0.25, 0.3) is 0 Å². The zero-order valence-electron chi connectivity index (χ0n) is 9.60. The molecule has 0 aromatic heterocycles. The zero-order valence-corrected chi connectivity index (χ0v) is 11.2. The summed E-state index contributed by atoms with van der Waals surface area (Å²) in [6, 6.07) is 0. The molecule has 84 valence electrons. The van der Waals surface area contributed by atoms with Crippen molar-refractivity contribution in [1.82, 2.24) is 0 Å². The Hall–Kier alpha value is 0.400. The lowest BCUT2D eigenvalue weighted by Gasteiger charge is -2.45. The Morgan fingerprint density at radius 1 is 1.14 bits per heavy atom. The van der Waals surface area contributed by atoms with Gasteiger partial charge in [0.1, 0.15) is 0 Å². The van der Waals surface area contributed by atoms with Crippen molar-refractivity contribution >= 4 is 15.9 Å². The molecule has 1 heterocycles. The predicted octanol–water partition coefficient (Wildman–Crippen LogP) is 3.48. The van der Waals surface area contributed by atoms with Crippen molar-refractivity contribution in [1.29, 1.82) is 0 Å². The molecular formula is C11H21BrO2. The second-order valence-corrected chi connectivity index (χ2v) is 5.99. The number of hydrogen-bond acceptors (Lipinski definition) is 2. The van der Waals surface area contributed by atoms with Crippen LogP contribution in [-0.4, -0.2) is 22.8 Å². The topological polar surface area (TPSA) is 18.5 Å². The molecule has 14 heavy (non-hydrogen) atoms. The van der Waals surface area contributed by atoms with Crippen LogP contribution in [0.15, 0.2) is 0 Å². The number of ether oxygens (including phenoxy) is 2. The summed E-state index contributed by atoms with van der Waals surface area (Å²) in [5.41, 5.74) is -0.114. The molecule has 0 bridgehead atoms. The number of alkyl halides is 1. The standard InChI is InChI=1S/C11H21BrO2/c1-10(2)8-11(3,4)14-9(13-10)6-5-7-12/h9H,5-8H2,1-4H3. The van der Waals surface area contributed by atoms with Crippen molar-refractivity contribution < 1.29 is 9.47 Å². The summed E-state index contributed by atoms with van der Waals surface area (Å²) in [5.74, 6) is 0. The van der Waals surface area contributed by atoms with Crippen molar-refractivity contribution in [3.8, 4) is 0 Å². The predicted molar refractivity (Wildman–Crippen MR) is 61.8 cm³/mol. The van der Waals surface area contributed by atoms with Crippen LogP contribution >= 0.6 is 15.9 Å². The summed E-state index contributed by atoms with van der Waals surface area (Å²) in [4.78, 5) is 0. The minimum absolute atomic E-state index is 0.0358. The molecule has 0 radical (unpaired) electrons. The van der Waals surface area contributed by atoms with Crippen molar-refractivity contribution in [3.63, 3.8) is 0 Å². The Labute approximate surface area is 95.5 Å². The summed E-state index contributed by atoms with van der Waals surface area (Å²) in [7, 11) is 0. The van der Waals surface area contributed by atoms with Gasteiger partial charge in [0.15, 0.2) is 6.29 Å². The first kappa shape index (κ1) is 12.5. The lowest BCUT2D eigenvalue weighted by atomic mass is 9.90. The van der Waals surface area contributed by atoms with Gasteiger partial charge in [0, 0.05) is 11.8 Å². The minimum Gasteiger partial charge on any atom is -0.347 e. The molecule has 1 saturated heterocycles. The average molecular weight is 265 g/mol. The normalized spacial score (nSPS) is 26.4. The molecule has 1 fully saturated rings. The summed E-state index contributed by atoms with van der Waals surface area (Å²) >= 11 is 3.42. The first-order chi connectivity index (χ1) is 6.35. The quantitative estimate of drug-likeness (QED) is 0.727. The second kappa shape index (κ2) is 4.50. The Bertz CT molecular complexity index is 174. The number of halogens is 1. The smallest absolute Gasteiger partial charge is 0.159 e. The summed E-state index contributed by atoms with van der Waals surface area (Å²) < 4.78 is 11.7. The van der Waals surface area contributed by atoms with Gasteiger partial charge in [-0.3, -0.25) is 0 Å². The molecule has 0 unspecified atom stereocenters. The summed E-state index contributed by atoms with van der Waals surface area (Å²) in [5, 5.41) is 1.01. The third-order valence-corrected chi connectivity index (χ3v) is 2.89. The fraction of sp³-hybridized carbons (Fsp3) is 1.00. The van der Waals surface area contributed by atoms with Crippen LogP contribution in [0.2, 0.25) is 0 Å². The summed E-state index contributed by atoms with van der Waals surface area (Å²) in [6.07, 6.45) is 2.98. The van der Waals surface area contributed by atoms with E-state index in [4.69, 9.17) is 9.47 Å². The van der Waals surface area contributed by atoms with E-state index in [1.54, 1.807) is 0 Å². The van der Waals surface area contributed by atoms with Crippen molar-refractivity contribution in [2.75, 3.05) is 5.33 Å². The molecule has 3 heteroatoms. The van der Waals surface area contributed by atoms with Crippen molar-refractivity contribution in [3.05, 3.63) is 0 Å². The van der Waals surface area contributed by atoms with E-state index >= 15 is 0 Å². The van der Waals surface area contributed by atoms with E-state index in [1.165, 1.54) is 0 Å². The Kier molecular flexibility index (Phi) is 4.01. The monoisotopic (exact) mass is 264 g/mol. The first-order valence-electron chi connectivity index (χ1n) is 5.26. The van der Waals surface area contributed by atoms with E-state index in [0.29, 0.717) is 0 Å². The molecule has 0 aromatic carbocycles.